The van der Waals surface area contributed by atoms with Crippen molar-refractivity contribution < 1.29 is 8.42 Å². The second-order valence-electron chi connectivity index (χ2n) is 5.98. The minimum atomic E-state index is -3.31. The highest BCUT2D eigenvalue weighted by Gasteiger charge is 2.31. The molecule has 0 bridgehead atoms. The molecule has 2 saturated heterocycles. The summed E-state index contributed by atoms with van der Waals surface area (Å²) in [6.07, 6.45) is 4.43. The molecular weight excluding hydrogens is 276 g/mol. The minimum absolute atomic E-state index is 0.311. The number of nitrogens with zero attached hydrogens (tertiary/aromatic N) is 3. The Labute approximate surface area is 123 Å². The van der Waals surface area contributed by atoms with E-state index in [-0.39, 0.29) is 0 Å². The lowest BCUT2D eigenvalue weighted by molar-refractivity contribution is 0.248. The SMILES string of the molecule is CN(CCN1CCCC1)S(=O)(=O)N1CCCC(CN)C1. The van der Waals surface area contributed by atoms with Gasteiger partial charge >= 0.3 is 0 Å². The molecule has 20 heavy (non-hydrogen) atoms. The van der Waals surface area contributed by atoms with Gasteiger partial charge in [-0.25, -0.2) is 0 Å². The first kappa shape index (κ1) is 16.2. The average Bonchev–Trinajstić information content (AvgIpc) is 2.98. The average molecular weight is 304 g/mol. The highest BCUT2D eigenvalue weighted by molar-refractivity contribution is 7.86. The summed E-state index contributed by atoms with van der Waals surface area (Å²) in [6.45, 7) is 5.40. The highest BCUT2D eigenvalue weighted by atomic mass is 32.2. The van der Waals surface area contributed by atoms with E-state index in [9.17, 15) is 8.42 Å². The Morgan fingerprint density at radius 3 is 2.55 bits per heavy atom. The predicted octanol–water partition coefficient (Wildman–Crippen LogP) is -0.0705. The van der Waals surface area contributed by atoms with Gasteiger partial charge in [-0.05, 0) is 51.2 Å². The minimum Gasteiger partial charge on any atom is -0.330 e. The third kappa shape index (κ3) is 3.92. The third-order valence-electron chi connectivity index (χ3n) is 4.47. The highest BCUT2D eigenvalue weighted by Crippen LogP contribution is 2.20. The van der Waals surface area contributed by atoms with E-state index >= 15 is 0 Å². The normalized spacial score (nSPS) is 26.4. The first-order valence-corrected chi connectivity index (χ1v) is 9.07. The van der Waals surface area contributed by atoms with Gasteiger partial charge in [0.15, 0.2) is 0 Å². The van der Waals surface area contributed by atoms with Crippen molar-refractivity contribution in [3.05, 3.63) is 0 Å². The second kappa shape index (κ2) is 7.17. The number of piperidine rings is 1. The number of nitrogens with two attached hydrogens (primary N) is 1. The topological polar surface area (TPSA) is 69.9 Å². The van der Waals surface area contributed by atoms with Crippen LogP contribution in [0.2, 0.25) is 0 Å². The molecule has 6 nitrogen and oxygen atoms in total. The summed E-state index contributed by atoms with van der Waals surface area (Å²) in [5.74, 6) is 0.311. The van der Waals surface area contributed by atoms with Gasteiger partial charge in [0, 0.05) is 33.2 Å². The summed E-state index contributed by atoms with van der Waals surface area (Å²) in [4.78, 5) is 2.34. The molecule has 2 N–H and O–H groups in total. The van der Waals surface area contributed by atoms with Crippen LogP contribution >= 0.6 is 0 Å². The molecular formula is C13H28N4O2S. The zero-order valence-electron chi connectivity index (χ0n) is 12.5. The van der Waals surface area contributed by atoms with Gasteiger partial charge < -0.3 is 10.6 Å². The maximum Gasteiger partial charge on any atom is 0.281 e. The van der Waals surface area contributed by atoms with E-state index in [2.05, 4.69) is 4.90 Å². The van der Waals surface area contributed by atoms with Crippen LogP contribution in [0.25, 0.3) is 0 Å². The van der Waals surface area contributed by atoms with Crippen molar-refractivity contribution >= 4 is 10.2 Å². The first-order chi connectivity index (χ1) is 9.54. The van der Waals surface area contributed by atoms with E-state index < -0.39 is 10.2 Å². The fraction of sp³-hybridized carbons (Fsp3) is 1.00. The van der Waals surface area contributed by atoms with Crippen molar-refractivity contribution in [1.82, 2.24) is 13.5 Å². The van der Waals surface area contributed by atoms with Crippen LogP contribution in [-0.4, -0.2) is 74.8 Å². The fourth-order valence-electron chi connectivity index (χ4n) is 3.03. The van der Waals surface area contributed by atoms with Crippen LogP contribution in [0.15, 0.2) is 0 Å². The van der Waals surface area contributed by atoms with Crippen molar-refractivity contribution in [2.24, 2.45) is 11.7 Å². The zero-order chi connectivity index (χ0) is 14.6. The van der Waals surface area contributed by atoms with E-state index in [1.54, 1.807) is 11.4 Å². The quantitative estimate of drug-likeness (QED) is 0.746. The Kier molecular flexibility index (Phi) is 5.80. The van der Waals surface area contributed by atoms with Gasteiger partial charge in [0.05, 0.1) is 0 Å². The summed E-state index contributed by atoms with van der Waals surface area (Å²) in [7, 11) is -1.62. The number of rotatable bonds is 6. The Morgan fingerprint density at radius 1 is 1.20 bits per heavy atom. The molecule has 0 aromatic heterocycles. The van der Waals surface area contributed by atoms with Crippen molar-refractivity contribution in [3.63, 3.8) is 0 Å². The molecule has 7 heteroatoms. The second-order valence-corrected chi connectivity index (χ2v) is 8.02. The Bertz CT molecular complexity index is 395. The molecule has 2 aliphatic heterocycles. The Balaban J connectivity index is 1.87. The standard InChI is InChI=1S/C13H28N4O2S/c1-15(9-10-16-6-2-3-7-16)20(18,19)17-8-4-5-13(11-14)12-17/h13H,2-12,14H2,1H3. The molecule has 2 fully saturated rings. The van der Waals surface area contributed by atoms with Crippen LogP contribution in [0.3, 0.4) is 0 Å². The largest absolute Gasteiger partial charge is 0.330 e. The van der Waals surface area contributed by atoms with Gasteiger partial charge in [-0.1, -0.05) is 0 Å². The van der Waals surface area contributed by atoms with Crippen LogP contribution in [0.1, 0.15) is 25.7 Å². The lowest BCUT2D eigenvalue weighted by Gasteiger charge is -2.34. The zero-order valence-corrected chi connectivity index (χ0v) is 13.3. The first-order valence-electron chi connectivity index (χ1n) is 7.68. The van der Waals surface area contributed by atoms with Crippen molar-refractivity contribution in [2.45, 2.75) is 25.7 Å². The molecule has 1 unspecified atom stereocenters. The van der Waals surface area contributed by atoms with Gasteiger partial charge in [0.25, 0.3) is 10.2 Å². The van der Waals surface area contributed by atoms with Gasteiger partial charge in [0.2, 0.25) is 0 Å². The van der Waals surface area contributed by atoms with Crippen molar-refractivity contribution in [2.75, 3.05) is 52.9 Å². The molecule has 0 aromatic carbocycles. The van der Waals surface area contributed by atoms with Crippen LogP contribution in [0.4, 0.5) is 0 Å². The molecule has 1 atom stereocenters. The molecule has 0 saturated carbocycles. The summed E-state index contributed by atoms with van der Waals surface area (Å²) in [6, 6.07) is 0. The lowest BCUT2D eigenvalue weighted by atomic mass is 10.0. The number of likely N-dealkylation sites (tertiary alicyclic amines) is 1. The Morgan fingerprint density at radius 2 is 1.90 bits per heavy atom. The fourth-order valence-corrected chi connectivity index (χ4v) is 4.50. The predicted molar refractivity (Wildman–Crippen MR) is 80.6 cm³/mol. The van der Waals surface area contributed by atoms with E-state index in [1.165, 1.54) is 17.1 Å². The van der Waals surface area contributed by atoms with E-state index in [0.717, 1.165) is 32.5 Å². The van der Waals surface area contributed by atoms with Crippen LogP contribution in [0.5, 0.6) is 0 Å². The van der Waals surface area contributed by atoms with Crippen LogP contribution in [-0.2, 0) is 10.2 Å². The van der Waals surface area contributed by atoms with E-state index in [0.29, 0.717) is 32.1 Å². The molecule has 2 aliphatic rings. The molecule has 2 heterocycles. The van der Waals surface area contributed by atoms with Crippen molar-refractivity contribution in [3.8, 4) is 0 Å². The van der Waals surface area contributed by atoms with Gasteiger partial charge in [0.1, 0.15) is 0 Å². The van der Waals surface area contributed by atoms with Crippen LogP contribution < -0.4 is 5.73 Å². The molecule has 0 amide bonds. The maximum absolute atomic E-state index is 12.5. The smallest absolute Gasteiger partial charge is 0.281 e. The summed E-state index contributed by atoms with van der Waals surface area (Å²) in [5.41, 5.74) is 5.68. The van der Waals surface area contributed by atoms with Gasteiger partial charge in [-0.2, -0.15) is 17.0 Å². The summed E-state index contributed by atoms with van der Waals surface area (Å²) >= 11 is 0. The summed E-state index contributed by atoms with van der Waals surface area (Å²) in [5, 5.41) is 0. The molecule has 0 aliphatic carbocycles. The Hall–Kier alpha value is -0.210. The third-order valence-corrected chi connectivity index (χ3v) is 6.42. The van der Waals surface area contributed by atoms with Crippen LogP contribution in [0, 0.1) is 5.92 Å². The molecule has 0 spiro atoms. The van der Waals surface area contributed by atoms with Gasteiger partial charge in [-0.15, -0.1) is 0 Å². The van der Waals surface area contributed by atoms with E-state index in [4.69, 9.17) is 5.73 Å². The van der Waals surface area contributed by atoms with Crippen molar-refractivity contribution in [1.29, 1.82) is 0 Å². The molecule has 2 rings (SSSR count). The molecule has 0 aromatic rings. The molecule has 0 radical (unpaired) electrons. The number of likely N-dealkylation sites (N-methyl/N-ethyl adjacent to an activating group) is 1. The lowest BCUT2D eigenvalue weighted by Crippen LogP contribution is -2.49. The summed E-state index contributed by atoms with van der Waals surface area (Å²) < 4.78 is 28.2. The monoisotopic (exact) mass is 304 g/mol. The number of hydrogen-bond acceptors (Lipinski definition) is 4. The maximum atomic E-state index is 12.5. The van der Waals surface area contributed by atoms with E-state index in [1.807, 2.05) is 0 Å². The van der Waals surface area contributed by atoms with Gasteiger partial charge in [-0.3, -0.25) is 0 Å². The number of hydrogen-bond donors (Lipinski definition) is 1. The molecule has 118 valence electrons.